The molecule has 1 rings (SSSR count). The Labute approximate surface area is 123 Å². The van der Waals surface area contributed by atoms with E-state index >= 15 is 0 Å². The minimum atomic E-state index is -4.01. The van der Waals surface area contributed by atoms with Gasteiger partial charge in [0.1, 0.15) is 5.82 Å². The smallest absolute Gasteiger partial charge is 0.335 e. The number of benzene rings is 1. The van der Waals surface area contributed by atoms with Crippen LogP contribution in [-0.2, 0) is 10.0 Å². The maximum Gasteiger partial charge on any atom is 0.335 e. The number of hydrogen-bond donors (Lipinski definition) is 1. The van der Waals surface area contributed by atoms with Gasteiger partial charge in [0.15, 0.2) is 0 Å². The zero-order valence-corrected chi connectivity index (χ0v) is 12.9. The van der Waals surface area contributed by atoms with Crippen molar-refractivity contribution in [2.75, 3.05) is 6.54 Å². The molecule has 1 aromatic carbocycles. The molecule has 0 amide bonds. The van der Waals surface area contributed by atoms with E-state index in [1.807, 2.05) is 0 Å². The molecule has 0 spiro atoms. The van der Waals surface area contributed by atoms with Gasteiger partial charge in [-0.3, -0.25) is 0 Å². The van der Waals surface area contributed by atoms with Gasteiger partial charge in [-0.2, -0.15) is 4.31 Å². The second-order valence-corrected chi connectivity index (χ2v) is 6.70. The monoisotopic (exact) mass is 315 g/mol. The molecule has 1 N–H and O–H groups in total. The quantitative estimate of drug-likeness (QED) is 0.818. The summed E-state index contributed by atoms with van der Waals surface area (Å²) < 4.78 is 40.2. The van der Waals surface area contributed by atoms with Crippen LogP contribution in [0, 0.1) is 12.7 Å². The molecule has 21 heavy (non-hydrogen) atoms. The van der Waals surface area contributed by atoms with Crippen LogP contribution in [0.15, 0.2) is 29.7 Å². The third-order valence-corrected chi connectivity index (χ3v) is 5.18. The van der Waals surface area contributed by atoms with E-state index in [0.717, 1.165) is 16.4 Å². The number of sulfonamides is 1. The van der Waals surface area contributed by atoms with Gasteiger partial charge in [-0.25, -0.2) is 17.6 Å². The second kappa shape index (κ2) is 6.36. The van der Waals surface area contributed by atoms with Crippen LogP contribution in [0.3, 0.4) is 0 Å². The van der Waals surface area contributed by atoms with Crippen LogP contribution in [0.2, 0.25) is 0 Å². The molecule has 1 aromatic rings. The lowest BCUT2D eigenvalue weighted by atomic mass is 10.1. The first kappa shape index (κ1) is 17.3. The summed E-state index contributed by atoms with van der Waals surface area (Å²) in [5.74, 6) is -2.25. The summed E-state index contributed by atoms with van der Waals surface area (Å²) in [5.41, 5.74) is -0.506. The predicted molar refractivity (Wildman–Crippen MR) is 77.3 cm³/mol. The Bertz CT molecular complexity index is 668. The zero-order valence-electron chi connectivity index (χ0n) is 12.1. The normalized spacial score (nSPS) is 11.9. The molecule has 116 valence electrons. The number of carboxylic acid groups (broad SMARTS) is 1. The fraction of sp³-hybridized carbons (Fsp3) is 0.357. The third-order valence-electron chi connectivity index (χ3n) is 3.02. The van der Waals surface area contributed by atoms with Gasteiger partial charge in [0, 0.05) is 18.2 Å². The lowest BCUT2D eigenvalue weighted by molar-refractivity contribution is 0.0696. The van der Waals surface area contributed by atoms with Crippen molar-refractivity contribution in [1.29, 1.82) is 0 Å². The van der Waals surface area contributed by atoms with Crippen molar-refractivity contribution in [3.63, 3.8) is 0 Å². The second-order valence-electron chi connectivity index (χ2n) is 4.84. The third kappa shape index (κ3) is 3.48. The van der Waals surface area contributed by atoms with Gasteiger partial charge >= 0.3 is 5.97 Å². The standard InChI is InChI=1S/C14H18FNO4S/c1-5-6-16(9(2)3)21(19,20)13-8-11(14(17)18)7-12(15)10(13)4/h5,7-9H,1,6H2,2-4H3,(H,17,18). The Kier molecular flexibility index (Phi) is 5.25. The highest BCUT2D eigenvalue weighted by Crippen LogP contribution is 2.25. The molecular weight excluding hydrogens is 297 g/mol. The van der Waals surface area contributed by atoms with Crippen molar-refractivity contribution in [3.8, 4) is 0 Å². The number of carbonyl (C=O) groups is 1. The molecule has 5 nitrogen and oxygen atoms in total. The molecule has 0 aliphatic carbocycles. The van der Waals surface area contributed by atoms with Crippen LogP contribution >= 0.6 is 0 Å². The maximum absolute atomic E-state index is 13.8. The number of rotatable bonds is 6. The van der Waals surface area contributed by atoms with Crippen LogP contribution in [0.1, 0.15) is 29.8 Å². The van der Waals surface area contributed by atoms with E-state index in [2.05, 4.69) is 6.58 Å². The average Bonchev–Trinajstić information content (AvgIpc) is 2.37. The van der Waals surface area contributed by atoms with Gasteiger partial charge in [-0.15, -0.1) is 6.58 Å². The van der Waals surface area contributed by atoms with Gasteiger partial charge in [-0.1, -0.05) is 6.08 Å². The molecule has 0 saturated heterocycles. The minimum absolute atomic E-state index is 0.0539. The number of nitrogens with zero attached hydrogens (tertiary/aromatic N) is 1. The Morgan fingerprint density at radius 1 is 1.48 bits per heavy atom. The topological polar surface area (TPSA) is 74.7 Å². The number of halogens is 1. The van der Waals surface area contributed by atoms with Crippen LogP contribution < -0.4 is 0 Å². The molecule has 0 unspecified atom stereocenters. The van der Waals surface area contributed by atoms with Crippen LogP contribution in [-0.4, -0.2) is 36.4 Å². The average molecular weight is 315 g/mol. The lowest BCUT2D eigenvalue weighted by Gasteiger charge is -2.25. The van der Waals surface area contributed by atoms with Crippen molar-refractivity contribution in [2.45, 2.75) is 31.7 Å². The first-order chi connectivity index (χ1) is 9.62. The SMILES string of the molecule is C=CCN(C(C)C)S(=O)(=O)c1cc(C(=O)O)cc(F)c1C. The summed E-state index contributed by atoms with van der Waals surface area (Å²) in [6.45, 7) is 8.21. The van der Waals surface area contributed by atoms with Crippen molar-refractivity contribution in [1.82, 2.24) is 4.31 Å². The molecule has 0 atom stereocenters. The van der Waals surface area contributed by atoms with Gasteiger partial charge in [0.2, 0.25) is 10.0 Å². The largest absolute Gasteiger partial charge is 0.478 e. The van der Waals surface area contributed by atoms with Crippen molar-refractivity contribution < 1.29 is 22.7 Å². The Balaban J connectivity index is 3.56. The highest BCUT2D eigenvalue weighted by molar-refractivity contribution is 7.89. The van der Waals surface area contributed by atoms with E-state index in [9.17, 15) is 17.6 Å². The van der Waals surface area contributed by atoms with E-state index in [1.165, 1.54) is 13.0 Å². The van der Waals surface area contributed by atoms with Crippen LogP contribution in [0.4, 0.5) is 4.39 Å². The Morgan fingerprint density at radius 3 is 2.48 bits per heavy atom. The summed E-state index contributed by atoms with van der Waals surface area (Å²) in [6, 6.07) is 1.42. The lowest BCUT2D eigenvalue weighted by Crippen LogP contribution is -2.37. The van der Waals surface area contributed by atoms with E-state index in [4.69, 9.17) is 5.11 Å². The molecule has 0 aromatic heterocycles. The van der Waals surface area contributed by atoms with E-state index in [-0.39, 0.29) is 23.0 Å². The van der Waals surface area contributed by atoms with E-state index in [1.54, 1.807) is 13.8 Å². The first-order valence-corrected chi connectivity index (χ1v) is 7.73. The van der Waals surface area contributed by atoms with Gasteiger partial charge < -0.3 is 5.11 Å². The fourth-order valence-electron chi connectivity index (χ4n) is 1.89. The molecule has 0 heterocycles. The highest BCUT2D eigenvalue weighted by Gasteiger charge is 2.29. The maximum atomic E-state index is 13.8. The van der Waals surface area contributed by atoms with E-state index < -0.39 is 27.4 Å². The van der Waals surface area contributed by atoms with Crippen molar-refractivity contribution in [2.24, 2.45) is 0 Å². The van der Waals surface area contributed by atoms with E-state index in [0.29, 0.717) is 0 Å². The first-order valence-electron chi connectivity index (χ1n) is 6.29. The van der Waals surface area contributed by atoms with Gasteiger partial charge in [-0.05, 0) is 32.9 Å². The summed E-state index contributed by atoms with van der Waals surface area (Å²) in [6.07, 6.45) is 1.42. The van der Waals surface area contributed by atoms with Crippen LogP contribution in [0.25, 0.3) is 0 Å². The molecule has 0 radical (unpaired) electrons. The Hall–Kier alpha value is -1.73. The molecule has 0 aliphatic rings. The Morgan fingerprint density at radius 2 is 2.05 bits per heavy atom. The molecule has 0 fully saturated rings. The van der Waals surface area contributed by atoms with Crippen molar-refractivity contribution in [3.05, 3.63) is 41.7 Å². The predicted octanol–water partition coefficient (Wildman–Crippen LogP) is 2.42. The molecule has 0 bridgehead atoms. The summed E-state index contributed by atoms with van der Waals surface area (Å²) in [4.78, 5) is 10.6. The van der Waals surface area contributed by atoms with Gasteiger partial charge in [0.25, 0.3) is 0 Å². The molecule has 0 aliphatic heterocycles. The minimum Gasteiger partial charge on any atom is -0.478 e. The van der Waals surface area contributed by atoms with Gasteiger partial charge in [0.05, 0.1) is 10.5 Å². The number of aromatic carboxylic acids is 1. The molecular formula is C14H18FNO4S. The summed E-state index contributed by atoms with van der Waals surface area (Å²) in [7, 11) is -4.01. The summed E-state index contributed by atoms with van der Waals surface area (Å²) in [5, 5.41) is 8.95. The molecule has 7 heteroatoms. The number of hydrogen-bond acceptors (Lipinski definition) is 3. The molecule has 0 saturated carbocycles. The summed E-state index contributed by atoms with van der Waals surface area (Å²) >= 11 is 0. The number of carboxylic acids is 1. The fourth-order valence-corrected chi connectivity index (χ4v) is 3.75. The zero-order chi connectivity index (χ0) is 16.4. The highest BCUT2D eigenvalue weighted by atomic mass is 32.2. The van der Waals surface area contributed by atoms with Crippen LogP contribution in [0.5, 0.6) is 0 Å². The van der Waals surface area contributed by atoms with Crippen molar-refractivity contribution >= 4 is 16.0 Å².